The fourth-order valence-electron chi connectivity index (χ4n) is 2.25. The van der Waals surface area contributed by atoms with Crippen molar-refractivity contribution in [2.75, 3.05) is 12.3 Å². The van der Waals surface area contributed by atoms with E-state index in [1.54, 1.807) is 6.20 Å². The zero-order valence-corrected chi connectivity index (χ0v) is 12.2. The van der Waals surface area contributed by atoms with Gasteiger partial charge in [-0.3, -0.25) is 0 Å². The Hall–Kier alpha value is -1.09. The van der Waals surface area contributed by atoms with E-state index in [0.717, 1.165) is 19.4 Å². The predicted octanol–water partition coefficient (Wildman–Crippen LogP) is 3.01. The average Bonchev–Trinajstić information content (AvgIpc) is 2.29. The fraction of sp³-hybridized carbons (Fsp3) is 0.667. The van der Waals surface area contributed by atoms with Crippen LogP contribution in [0.3, 0.4) is 0 Å². The Morgan fingerprint density at radius 1 is 1.39 bits per heavy atom. The first-order chi connectivity index (χ1) is 8.45. The third kappa shape index (κ3) is 4.65. The molecule has 0 bridgehead atoms. The highest BCUT2D eigenvalue weighted by atomic mass is 14.9. The summed E-state index contributed by atoms with van der Waals surface area (Å²) < 4.78 is 0. The highest BCUT2D eigenvalue weighted by Gasteiger charge is 2.22. The third-order valence-electron chi connectivity index (χ3n) is 3.36. The summed E-state index contributed by atoms with van der Waals surface area (Å²) in [7, 11) is 0. The molecule has 0 aromatic carbocycles. The number of hydrogen-bond acceptors (Lipinski definition) is 3. The summed E-state index contributed by atoms with van der Waals surface area (Å²) in [5.41, 5.74) is 7.33. The van der Waals surface area contributed by atoms with Crippen molar-refractivity contribution in [2.45, 2.75) is 53.0 Å². The van der Waals surface area contributed by atoms with E-state index in [4.69, 9.17) is 5.73 Å². The molecule has 1 heterocycles. The number of aromatic nitrogens is 1. The molecule has 1 aromatic heterocycles. The maximum atomic E-state index is 5.86. The number of anilines is 1. The number of hydrogen-bond donors (Lipinski definition) is 2. The Labute approximate surface area is 111 Å². The standard InChI is InChI=1S/C15H27N3/c1-5-17-13(15(2,3)4)10-6-8-12-9-7-11-18-14(12)16/h7,9,11,13,17H,5-6,8,10H2,1-4H3,(H2,16,18). The summed E-state index contributed by atoms with van der Waals surface area (Å²) in [4.78, 5) is 4.12. The second-order valence-corrected chi connectivity index (χ2v) is 5.92. The van der Waals surface area contributed by atoms with E-state index in [1.807, 2.05) is 6.07 Å². The maximum absolute atomic E-state index is 5.86. The lowest BCUT2D eigenvalue weighted by Gasteiger charge is -2.31. The van der Waals surface area contributed by atoms with E-state index in [9.17, 15) is 0 Å². The minimum absolute atomic E-state index is 0.302. The molecule has 1 rings (SSSR count). The van der Waals surface area contributed by atoms with Crippen molar-refractivity contribution in [2.24, 2.45) is 5.41 Å². The van der Waals surface area contributed by atoms with Gasteiger partial charge < -0.3 is 11.1 Å². The van der Waals surface area contributed by atoms with Crippen LogP contribution in [0.5, 0.6) is 0 Å². The lowest BCUT2D eigenvalue weighted by atomic mass is 9.83. The lowest BCUT2D eigenvalue weighted by molar-refractivity contribution is 0.254. The Bertz CT molecular complexity index is 355. The summed E-state index contributed by atoms with van der Waals surface area (Å²) in [5.74, 6) is 0.674. The molecule has 0 amide bonds. The molecule has 3 heteroatoms. The number of nitrogens with two attached hydrogens (primary N) is 1. The molecule has 0 saturated heterocycles. The van der Waals surface area contributed by atoms with E-state index in [0.29, 0.717) is 17.3 Å². The number of rotatable bonds is 6. The molecule has 0 aliphatic heterocycles. The first-order valence-electron chi connectivity index (χ1n) is 6.88. The molecule has 0 fully saturated rings. The highest BCUT2D eigenvalue weighted by Crippen LogP contribution is 2.24. The van der Waals surface area contributed by atoms with Gasteiger partial charge in [-0.1, -0.05) is 33.8 Å². The monoisotopic (exact) mass is 249 g/mol. The van der Waals surface area contributed by atoms with Crippen LogP contribution in [0.4, 0.5) is 5.82 Å². The maximum Gasteiger partial charge on any atom is 0.126 e. The van der Waals surface area contributed by atoms with Gasteiger partial charge in [-0.15, -0.1) is 0 Å². The van der Waals surface area contributed by atoms with Crippen LogP contribution < -0.4 is 11.1 Å². The molecular formula is C15H27N3. The minimum atomic E-state index is 0.302. The van der Waals surface area contributed by atoms with Gasteiger partial charge >= 0.3 is 0 Å². The van der Waals surface area contributed by atoms with Gasteiger partial charge in [0, 0.05) is 12.2 Å². The Morgan fingerprint density at radius 2 is 2.11 bits per heavy atom. The molecule has 102 valence electrons. The first kappa shape index (κ1) is 15.0. The summed E-state index contributed by atoms with van der Waals surface area (Å²) in [6.45, 7) is 10.1. The van der Waals surface area contributed by atoms with Gasteiger partial charge in [-0.2, -0.15) is 0 Å². The molecule has 1 aromatic rings. The molecule has 18 heavy (non-hydrogen) atoms. The largest absolute Gasteiger partial charge is 0.383 e. The first-order valence-corrected chi connectivity index (χ1v) is 6.88. The van der Waals surface area contributed by atoms with Crippen molar-refractivity contribution < 1.29 is 0 Å². The fourth-order valence-corrected chi connectivity index (χ4v) is 2.25. The van der Waals surface area contributed by atoms with E-state index < -0.39 is 0 Å². The Morgan fingerprint density at radius 3 is 2.67 bits per heavy atom. The van der Waals surface area contributed by atoms with Gasteiger partial charge in [0.15, 0.2) is 0 Å². The molecule has 0 spiro atoms. The molecule has 1 atom stereocenters. The van der Waals surface area contributed by atoms with Crippen LogP contribution in [-0.4, -0.2) is 17.6 Å². The van der Waals surface area contributed by atoms with Crippen LogP contribution in [0.1, 0.15) is 46.1 Å². The molecule has 0 saturated carbocycles. The van der Waals surface area contributed by atoms with Crippen LogP contribution in [0.2, 0.25) is 0 Å². The Kier molecular flexibility index (Phi) is 5.60. The molecule has 3 nitrogen and oxygen atoms in total. The van der Waals surface area contributed by atoms with E-state index in [-0.39, 0.29) is 0 Å². The molecule has 1 unspecified atom stereocenters. The van der Waals surface area contributed by atoms with Crippen LogP contribution in [-0.2, 0) is 6.42 Å². The van der Waals surface area contributed by atoms with E-state index in [2.05, 4.69) is 44.1 Å². The predicted molar refractivity (Wildman–Crippen MR) is 78.5 cm³/mol. The smallest absolute Gasteiger partial charge is 0.126 e. The number of nitrogens with zero attached hydrogens (tertiary/aromatic N) is 1. The molecule has 0 aliphatic carbocycles. The number of nitrogen functional groups attached to an aromatic ring is 1. The second kappa shape index (κ2) is 6.74. The van der Waals surface area contributed by atoms with Crippen molar-refractivity contribution in [3.05, 3.63) is 23.9 Å². The summed E-state index contributed by atoms with van der Waals surface area (Å²) >= 11 is 0. The molecular weight excluding hydrogens is 222 g/mol. The lowest BCUT2D eigenvalue weighted by Crippen LogP contribution is -2.40. The SMILES string of the molecule is CCNC(CCCc1cccnc1N)C(C)(C)C. The zero-order chi connectivity index (χ0) is 13.6. The van der Waals surface area contributed by atoms with Crippen LogP contribution >= 0.6 is 0 Å². The third-order valence-corrected chi connectivity index (χ3v) is 3.36. The molecule has 0 radical (unpaired) electrons. The average molecular weight is 249 g/mol. The van der Waals surface area contributed by atoms with Gasteiger partial charge in [0.1, 0.15) is 5.82 Å². The van der Waals surface area contributed by atoms with Gasteiger partial charge in [-0.25, -0.2) is 4.98 Å². The topological polar surface area (TPSA) is 50.9 Å². The van der Waals surface area contributed by atoms with Crippen LogP contribution in [0.25, 0.3) is 0 Å². The van der Waals surface area contributed by atoms with Crippen molar-refractivity contribution in [1.29, 1.82) is 0 Å². The minimum Gasteiger partial charge on any atom is -0.383 e. The van der Waals surface area contributed by atoms with Crippen LogP contribution in [0, 0.1) is 5.41 Å². The van der Waals surface area contributed by atoms with Gasteiger partial charge in [0.2, 0.25) is 0 Å². The molecule has 3 N–H and O–H groups in total. The number of nitrogens with one attached hydrogen (secondary N) is 1. The number of pyridine rings is 1. The van der Waals surface area contributed by atoms with Crippen LogP contribution in [0.15, 0.2) is 18.3 Å². The zero-order valence-electron chi connectivity index (χ0n) is 12.2. The second-order valence-electron chi connectivity index (χ2n) is 5.92. The van der Waals surface area contributed by atoms with Crippen molar-refractivity contribution >= 4 is 5.82 Å². The van der Waals surface area contributed by atoms with E-state index in [1.165, 1.54) is 12.0 Å². The molecule has 0 aliphatic rings. The normalized spacial score (nSPS) is 13.6. The van der Waals surface area contributed by atoms with Crippen molar-refractivity contribution in [3.63, 3.8) is 0 Å². The van der Waals surface area contributed by atoms with Gasteiger partial charge in [0.05, 0.1) is 0 Å². The van der Waals surface area contributed by atoms with Gasteiger partial charge in [0.25, 0.3) is 0 Å². The Balaban J connectivity index is 2.47. The van der Waals surface area contributed by atoms with Crippen molar-refractivity contribution in [1.82, 2.24) is 10.3 Å². The highest BCUT2D eigenvalue weighted by molar-refractivity contribution is 5.38. The summed E-state index contributed by atoms with van der Waals surface area (Å²) in [5, 5.41) is 3.58. The number of aryl methyl sites for hydroxylation is 1. The quantitative estimate of drug-likeness (QED) is 0.815. The van der Waals surface area contributed by atoms with Gasteiger partial charge in [-0.05, 0) is 42.9 Å². The van der Waals surface area contributed by atoms with Crippen molar-refractivity contribution in [3.8, 4) is 0 Å². The summed E-state index contributed by atoms with van der Waals surface area (Å²) in [6.07, 6.45) is 5.07. The van der Waals surface area contributed by atoms with E-state index >= 15 is 0 Å². The summed E-state index contributed by atoms with van der Waals surface area (Å²) in [6, 6.07) is 4.58.